The summed E-state index contributed by atoms with van der Waals surface area (Å²) in [6.45, 7) is 4.24. The van der Waals surface area contributed by atoms with Crippen molar-refractivity contribution in [2.75, 3.05) is 33.2 Å². The Kier molecular flexibility index (Phi) is 3.96. The Labute approximate surface area is 121 Å². The Morgan fingerprint density at radius 3 is 2.75 bits per heavy atom. The Balaban J connectivity index is 1.73. The van der Waals surface area contributed by atoms with Crippen molar-refractivity contribution in [1.29, 1.82) is 0 Å². The molecule has 6 nitrogen and oxygen atoms in total. The Morgan fingerprint density at radius 1 is 1.35 bits per heavy atom. The summed E-state index contributed by atoms with van der Waals surface area (Å²) in [5.74, 6) is 0.229. The molecular formula is C14H26N6. The standard InChI is InChI=1S/C14H26N6/c1-19(12-4-7-16-8-5-12)13-17-9-6-14(15,18-13)20-10-2-3-11-20/h6,9,12,16H,2-5,7-8,10-11,15H2,1H3,(H,17,18). The van der Waals surface area contributed by atoms with Gasteiger partial charge in [-0.2, -0.15) is 0 Å². The fourth-order valence-corrected chi connectivity index (χ4v) is 3.28. The van der Waals surface area contributed by atoms with Crippen LogP contribution in [0, 0.1) is 0 Å². The van der Waals surface area contributed by atoms with E-state index in [1.165, 1.54) is 12.8 Å². The van der Waals surface area contributed by atoms with Crippen LogP contribution < -0.4 is 16.4 Å². The van der Waals surface area contributed by atoms with Gasteiger partial charge in [0.05, 0.1) is 0 Å². The molecule has 3 aliphatic heterocycles. The van der Waals surface area contributed by atoms with Crippen LogP contribution in [0.25, 0.3) is 0 Å². The van der Waals surface area contributed by atoms with Gasteiger partial charge < -0.3 is 15.5 Å². The average Bonchev–Trinajstić information content (AvgIpc) is 3.02. The van der Waals surface area contributed by atoms with Crippen molar-refractivity contribution in [3.8, 4) is 0 Å². The highest BCUT2D eigenvalue weighted by atomic mass is 15.4. The number of hydrogen-bond donors (Lipinski definition) is 3. The number of piperidine rings is 1. The molecule has 112 valence electrons. The lowest BCUT2D eigenvalue weighted by molar-refractivity contribution is 0.173. The first-order valence-corrected chi connectivity index (χ1v) is 7.71. The number of nitrogens with one attached hydrogen (secondary N) is 2. The number of hydrogen-bond acceptors (Lipinski definition) is 6. The van der Waals surface area contributed by atoms with E-state index in [4.69, 9.17) is 10.7 Å². The van der Waals surface area contributed by atoms with E-state index in [-0.39, 0.29) is 0 Å². The van der Waals surface area contributed by atoms with E-state index in [0.29, 0.717) is 6.04 Å². The van der Waals surface area contributed by atoms with E-state index in [0.717, 1.165) is 45.0 Å². The zero-order valence-electron chi connectivity index (χ0n) is 12.3. The largest absolute Gasteiger partial charge is 0.343 e. The fraction of sp³-hybridized carbons (Fsp3) is 0.786. The van der Waals surface area contributed by atoms with E-state index >= 15 is 0 Å². The summed E-state index contributed by atoms with van der Waals surface area (Å²) < 4.78 is 0. The van der Waals surface area contributed by atoms with Crippen molar-refractivity contribution in [3.63, 3.8) is 0 Å². The lowest BCUT2D eigenvalue weighted by Crippen LogP contribution is -2.57. The second-order valence-electron chi connectivity index (χ2n) is 5.98. The Hall–Kier alpha value is -1.11. The number of aliphatic imine (C=N–C) groups is 1. The number of nitrogens with two attached hydrogens (primary N) is 1. The van der Waals surface area contributed by atoms with Crippen molar-refractivity contribution in [3.05, 3.63) is 12.3 Å². The molecule has 1 atom stereocenters. The molecule has 0 amide bonds. The van der Waals surface area contributed by atoms with E-state index in [1.54, 1.807) is 0 Å². The van der Waals surface area contributed by atoms with Crippen LogP contribution in [-0.4, -0.2) is 60.8 Å². The molecule has 3 rings (SSSR count). The molecule has 0 aromatic rings. The van der Waals surface area contributed by atoms with Crippen molar-refractivity contribution in [1.82, 2.24) is 20.4 Å². The molecule has 3 aliphatic rings. The van der Waals surface area contributed by atoms with Crippen LogP contribution in [-0.2, 0) is 0 Å². The molecule has 6 heteroatoms. The predicted octanol–water partition coefficient (Wildman–Crippen LogP) is -0.149. The van der Waals surface area contributed by atoms with Gasteiger partial charge in [-0.1, -0.05) is 0 Å². The lowest BCUT2D eigenvalue weighted by atomic mass is 10.1. The summed E-state index contributed by atoms with van der Waals surface area (Å²) in [6.07, 6.45) is 8.66. The maximum Gasteiger partial charge on any atom is 0.201 e. The number of nitrogens with zero attached hydrogens (tertiary/aromatic N) is 3. The Morgan fingerprint density at radius 2 is 2.05 bits per heavy atom. The van der Waals surface area contributed by atoms with Crippen LogP contribution in [0.2, 0.25) is 0 Å². The number of guanidine groups is 1. The van der Waals surface area contributed by atoms with Crippen LogP contribution in [0.4, 0.5) is 0 Å². The molecule has 3 heterocycles. The molecular weight excluding hydrogens is 252 g/mol. The van der Waals surface area contributed by atoms with Gasteiger partial charge in [0.1, 0.15) is 0 Å². The molecule has 2 saturated heterocycles. The van der Waals surface area contributed by atoms with Gasteiger partial charge in [0, 0.05) is 32.4 Å². The fourth-order valence-electron chi connectivity index (χ4n) is 3.28. The third-order valence-corrected chi connectivity index (χ3v) is 4.63. The second-order valence-corrected chi connectivity index (χ2v) is 5.98. The third kappa shape index (κ3) is 2.68. The molecule has 0 aromatic carbocycles. The highest BCUT2D eigenvalue weighted by molar-refractivity contribution is 5.82. The van der Waals surface area contributed by atoms with Gasteiger partial charge in [0.25, 0.3) is 0 Å². The zero-order valence-corrected chi connectivity index (χ0v) is 12.3. The minimum atomic E-state index is -0.668. The lowest BCUT2D eigenvalue weighted by Gasteiger charge is -2.39. The molecule has 0 bridgehead atoms. The van der Waals surface area contributed by atoms with E-state index in [9.17, 15) is 0 Å². The molecule has 0 radical (unpaired) electrons. The molecule has 4 N–H and O–H groups in total. The van der Waals surface area contributed by atoms with Crippen molar-refractivity contribution < 1.29 is 0 Å². The highest BCUT2D eigenvalue weighted by Gasteiger charge is 2.35. The molecule has 0 aromatic heterocycles. The summed E-state index contributed by atoms with van der Waals surface area (Å²) in [5, 5.41) is 6.66. The van der Waals surface area contributed by atoms with Gasteiger partial charge in [-0.05, 0) is 44.8 Å². The van der Waals surface area contributed by atoms with Gasteiger partial charge in [-0.15, -0.1) is 0 Å². The number of likely N-dealkylation sites (tertiary alicyclic amines) is 1. The first kappa shape index (κ1) is 13.9. The summed E-state index contributed by atoms with van der Waals surface area (Å²) in [6, 6.07) is 0.539. The maximum absolute atomic E-state index is 6.49. The zero-order chi connectivity index (χ0) is 14.0. The quantitative estimate of drug-likeness (QED) is 0.655. The first-order valence-electron chi connectivity index (χ1n) is 7.71. The van der Waals surface area contributed by atoms with Gasteiger partial charge in [0.2, 0.25) is 5.96 Å². The predicted molar refractivity (Wildman–Crippen MR) is 81.1 cm³/mol. The average molecular weight is 278 g/mol. The van der Waals surface area contributed by atoms with Crippen molar-refractivity contribution in [2.45, 2.75) is 37.5 Å². The molecule has 20 heavy (non-hydrogen) atoms. The summed E-state index contributed by atoms with van der Waals surface area (Å²) in [5.41, 5.74) is 6.49. The molecule has 0 saturated carbocycles. The second kappa shape index (κ2) is 5.71. The van der Waals surface area contributed by atoms with Crippen LogP contribution in [0.15, 0.2) is 17.3 Å². The van der Waals surface area contributed by atoms with Gasteiger partial charge >= 0.3 is 0 Å². The summed E-state index contributed by atoms with van der Waals surface area (Å²) >= 11 is 0. The van der Waals surface area contributed by atoms with Crippen molar-refractivity contribution in [2.24, 2.45) is 10.7 Å². The van der Waals surface area contributed by atoms with E-state index in [1.807, 2.05) is 12.3 Å². The van der Waals surface area contributed by atoms with E-state index < -0.39 is 5.79 Å². The smallest absolute Gasteiger partial charge is 0.201 e. The highest BCUT2D eigenvalue weighted by Crippen LogP contribution is 2.22. The first-order chi connectivity index (χ1) is 9.69. The van der Waals surface area contributed by atoms with Crippen LogP contribution in [0.5, 0.6) is 0 Å². The van der Waals surface area contributed by atoms with Crippen LogP contribution in [0.1, 0.15) is 25.7 Å². The van der Waals surface area contributed by atoms with Crippen LogP contribution in [0.3, 0.4) is 0 Å². The van der Waals surface area contributed by atoms with Gasteiger partial charge in [-0.3, -0.25) is 10.6 Å². The van der Waals surface area contributed by atoms with Gasteiger partial charge in [-0.25, -0.2) is 4.99 Å². The van der Waals surface area contributed by atoms with Crippen molar-refractivity contribution >= 4 is 5.96 Å². The molecule has 0 aliphatic carbocycles. The SMILES string of the molecule is CN(C1=NC(N)(N2CCCC2)C=CN1)C1CCNCC1. The molecule has 2 fully saturated rings. The monoisotopic (exact) mass is 278 g/mol. The molecule has 0 spiro atoms. The normalized spacial score (nSPS) is 32.0. The van der Waals surface area contributed by atoms with E-state index in [2.05, 4.69) is 27.5 Å². The van der Waals surface area contributed by atoms with Gasteiger partial charge in [0.15, 0.2) is 5.79 Å². The minimum absolute atomic E-state index is 0.539. The Bertz CT molecular complexity index is 394. The van der Waals surface area contributed by atoms with Crippen LogP contribution >= 0.6 is 0 Å². The molecule has 1 unspecified atom stereocenters. The third-order valence-electron chi connectivity index (χ3n) is 4.63. The summed E-state index contributed by atoms with van der Waals surface area (Å²) in [7, 11) is 2.12. The maximum atomic E-state index is 6.49. The topological polar surface area (TPSA) is 68.9 Å². The minimum Gasteiger partial charge on any atom is -0.343 e. The summed E-state index contributed by atoms with van der Waals surface area (Å²) in [4.78, 5) is 9.32. The number of rotatable bonds is 2.